The summed E-state index contributed by atoms with van der Waals surface area (Å²) in [4.78, 5) is 19.7. The van der Waals surface area contributed by atoms with Crippen molar-refractivity contribution in [3.63, 3.8) is 0 Å². The van der Waals surface area contributed by atoms with E-state index in [4.69, 9.17) is 0 Å². The first-order chi connectivity index (χ1) is 15.1. The van der Waals surface area contributed by atoms with Gasteiger partial charge in [0.15, 0.2) is 0 Å². The van der Waals surface area contributed by atoms with Crippen molar-refractivity contribution < 1.29 is 8.78 Å². The molecular formula is C23H24F2N4OS. The summed E-state index contributed by atoms with van der Waals surface area (Å²) in [5.74, 6) is 0.578. The molecule has 1 aliphatic rings. The molecule has 0 amide bonds. The van der Waals surface area contributed by atoms with Crippen LogP contribution >= 0.6 is 11.8 Å². The number of imidazole rings is 1. The number of hydrogen-bond acceptors (Lipinski definition) is 4. The molecule has 0 fully saturated rings. The van der Waals surface area contributed by atoms with Crippen molar-refractivity contribution in [2.75, 3.05) is 5.75 Å². The van der Waals surface area contributed by atoms with Crippen molar-refractivity contribution in [1.82, 2.24) is 14.5 Å². The van der Waals surface area contributed by atoms with Gasteiger partial charge in [-0.15, -0.1) is 11.8 Å². The van der Waals surface area contributed by atoms with Gasteiger partial charge < -0.3 is 4.98 Å². The first-order valence-corrected chi connectivity index (χ1v) is 11.6. The molecule has 1 aliphatic carbocycles. The van der Waals surface area contributed by atoms with Crippen LogP contribution in [0.1, 0.15) is 60.9 Å². The fourth-order valence-corrected chi connectivity index (χ4v) is 5.22. The maximum Gasteiger partial charge on any atom is 0.326 e. The van der Waals surface area contributed by atoms with Crippen molar-refractivity contribution in [3.05, 3.63) is 57.1 Å². The smallest absolute Gasteiger partial charge is 0.306 e. The van der Waals surface area contributed by atoms with E-state index < -0.39 is 6.43 Å². The van der Waals surface area contributed by atoms with Gasteiger partial charge in [0.1, 0.15) is 11.1 Å². The highest BCUT2D eigenvalue weighted by Gasteiger charge is 2.26. The Morgan fingerprint density at radius 1 is 1.19 bits per heavy atom. The molecule has 0 bridgehead atoms. The second-order valence-corrected chi connectivity index (χ2v) is 8.84. The third-order valence-corrected chi connectivity index (χ3v) is 6.82. The Bertz CT molecular complexity index is 1180. The van der Waals surface area contributed by atoms with E-state index in [1.54, 1.807) is 4.57 Å². The number of pyridine rings is 1. The van der Waals surface area contributed by atoms with E-state index in [1.807, 2.05) is 30.3 Å². The molecule has 0 spiro atoms. The molecule has 0 saturated heterocycles. The van der Waals surface area contributed by atoms with E-state index in [1.165, 1.54) is 11.8 Å². The minimum Gasteiger partial charge on any atom is -0.306 e. The number of para-hydroxylation sites is 2. The molecule has 2 heterocycles. The molecule has 2 aromatic heterocycles. The van der Waals surface area contributed by atoms with Crippen molar-refractivity contribution in [2.24, 2.45) is 0 Å². The van der Waals surface area contributed by atoms with E-state index in [0.717, 1.165) is 42.4 Å². The van der Waals surface area contributed by atoms with Crippen LogP contribution in [0.2, 0.25) is 0 Å². The molecule has 3 aromatic rings. The molecular weight excluding hydrogens is 418 g/mol. The molecule has 0 saturated carbocycles. The summed E-state index contributed by atoms with van der Waals surface area (Å²) in [5.41, 5.74) is 2.67. The number of rotatable bonds is 6. The maximum atomic E-state index is 14.0. The molecule has 0 unspecified atom stereocenters. The first kappa shape index (κ1) is 21.6. The molecule has 0 radical (unpaired) electrons. The molecule has 0 aliphatic heterocycles. The third-order valence-electron chi connectivity index (χ3n) is 5.76. The average molecular weight is 443 g/mol. The molecule has 0 atom stereocenters. The maximum absolute atomic E-state index is 14.0. The van der Waals surface area contributed by atoms with Gasteiger partial charge in [0, 0.05) is 23.6 Å². The number of aromatic amines is 1. The van der Waals surface area contributed by atoms with E-state index in [9.17, 15) is 18.8 Å². The predicted octanol–water partition coefficient (Wildman–Crippen LogP) is 5.38. The van der Waals surface area contributed by atoms with E-state index >= 15 is 0 Å². The number of H-pyrrole nitrogens is 1. The van der Waals surface area contributed by atoms with Crippen molar-refractivity contribution in [2.45, 2.75) is 62.9 Å². The average Bonchev–Trinajstić information content (AvgIpc) is 3.06. The monoisotopic (exact) mass is 442 g/mol. The quantitative estimate of drug-likeness (QED) is 0.411. The van der Waals surface area contributed by atoms with Gasteiger partial charge in [0.05, 0.1) is 16.6 Å². The number of nitrogens with one attached hydrogen (secondary N) is 1. The number of aryl methyl sites for hydroxylation is 2. The van der Waals surface area contributed by atoms with Crippen LogP contribution in [0.5, 0.6) is 0 Å². The Balaban J connectivity index is 1.54. The second-order valence-electron chi connectivity index (χ2n) is 7.76. The molecule has 4 rings (SSSR count). The highest BCUT2D eigenvalue weighted by Crippen LogP contribution is 2.36. The van der Waals surface area contributed by atoms with Crippen LogP contribution in [-0.4, -0.2) is 20.3 Å². The minimum absolute atomic E-state index is 0.0172. The summed E-state index contributed by atoms with van der Waals surface area (Å²) in [6, 6.07) is 9.49. The Morgan fingerprint density at radius 3 is 2.74 bits per heavy atom. The van der Waals surface area contributed by atoms with Crippen molar-refractivity contribution in [1.29, 1.82) is 5.26 Å². The molecule has 5 nitrogen and oxygen atoms in total. The molecule has 31 heavy (non-hydrogen) atoms. The van der Waals surface area contributed by atoms with Gasteiger partial charge in [-0.3, -0.25) is 4.57 Å². The van der Waals surface area contributed by atoms with Crippen LogP contribution in [0.25, 0.3) is 11.0 Å². The summed E-state index contributed by atoms with van der Waals surface area (Å²) >= 11 is 1.33. The second kappa shape index (κ2) is 9.65. The van der Waals surface area contributed by atoms with E-state index in [2.05, 4.69) is 9.97 Å². The number of aromatic nitrogens is 3. The fourth-order valence-electron chi connectivity index (χ4n) is 4.27. The van der Waals surface area contributed by atoms with Crippen LogP contribution in [0, 0.1) is 11.3 Å². The molecule has 1 aromatic carbocycles. The van der Waals surface area contributed by atoms with Crippen LogP contribution in [0.3, 0.4) is 0 Å². The van der Waals surface area contributed by atoms with Gasteiger partial charge >= 0.3 is 5.69 Å². The third kappa shape index (κ3) is 4.52. The lowest BCUT2D eigenvalue weighted by atomic mass is 9.92. The summed E-state index contributed by atoms with van der Waals surface area (Å²) in [5, 5.41) is 10.0. The highest BCUT2D eigenvalue weighted by atomic mass is 32.2. The number of alkyl halides is 2. The zero-order chi connectivity index (χ0) is 21.8. The van der Waals surface area contributed by atoms with Crippen LogP contribution in [-0.2, 0) is 19.4 Å². The largest absolute Gasteiger partial charge is 0.326 e. The van der Waals surface area contributed by atoms with Gasteiger partial charge in [-0.25, -0.2) is 18.6 Å². The van der Waals surface area contributed by atoms with Crippen molar-refractivity contribution >= 4 is 22.8 Å². The lowest BCUT2D eigenvalue weighted by Gasteiger charge is -2.20. The topological polar surface area (TPSA) is 74.5 Å². The van der Waals surface area contributed by atoms with Crippen molar-refractivity contribution in [3.8, 4) is 6.07 Å². The minimum atomic E-state index is -2.69. The lowest BCUT2D eigenvalue weighted by Crippen LogP contribution is -2.17. The van der Waals surface area contributed by atoms with Crippen LogP contribution in [0.4, 0.5) is 8.78 Å². The van der Waals surface area contributed by atoms with Gasteiger partial charge in [0.25, 0.3) is 6.43 Å². The summed E-state index contributed by atoms with van der Waals surface area (Å²) in [7, 11) is 0. The fraction of sp³-hybridized carbons (Fsp3) is 0.435. The molecule has 8 heteroatoms. The number of benzene rings is 1. The standard InChI is InChI=1S/C23H24F2N4OS/c24-21(25)20-15-8-3-1-2-4-9-17(15)27-22(16(20)14-26)31-13-7-12-29-19-11-6-5-10-18(19)28-23(29)30/h5-6,10-11,21H,1-4,7-9,12-13H2,(H,28,30). The van der Waals surface area contributed by atoms with Crippen LogP contribution in [0.15, 0.2) is 34.1 Å². The number of thioether (sulfide) groups is 1. The Hall–Kier alpha value is -2.66. The van der Waals surface area contributed by atoms with Crippen LogP contribution < -0.4 is 5.69 Å². The first-order valence-electron chi connectivity index (χ1n) is 10.6. The highest BCUT2D eigenvalue weighted by molar-refractivity contribution is 7.99. The van der Waals surface area contributed by atoms with E-state index in [-0.39, 0.29) is 16.8 Å². The van der Waals surface area contributed by atoms with Gasteiger partial charge in [-0.05, 0) is 49.8 Å². The normalized spacial score (nSPS) is 14.3. The van der Waals surface area contributed by atoms with E-state index in [0.29, 0.717) is 42.1 Å². The Labute approximate surface area is 183 Å². The van der Waals surface area contributed by atoms with Gasteiger partial charge in [-0.2, -0.15) is 5.26 Å². The number of halogens is 2. The molecule has 162 valence electrons. The van der Waals surface area contributed by atoms with Gasteiger partial charge in [0.2, 0.25) is 0 Å². The predicted molar refractivity (Wildman–Crippen MR) is 118 cm³/mol. The Morgan fingerprint density at radius 2 is 1.97 bits per heavy atom. The zero-order valence-electron chi connectivity index (χ0n) is 17.2. The molecule has 1 N–H and O–H groups in total. The summed E-state index contributed by atoms with van der Waals surface area (Å²) in [6.45, 7) is 0.504. The number of nitrogens with zero attached hydrogens (tertiary/aromatic N) is 3. The number of fused-ring (bicyclic) bond motifs is 2. The number of hydrogen-bond donors (Lipinski definition) is 1. The summed E-state index contributed by atoms with van der Waals surface area (Å²) < 4.78 is 29.6. The zero-order valence-corrected chi connectivity index (χ0v) is 18.0. The lowest BCUT2D eigenvalue weighted by molar-refractivity contribution is 0.149. The Kier molecular flexibility index (Phi) is 6.71. The van der Waals surface area contributed by atoms with Gasteiger partial charge in [-0.1, -0.05) is 25.0 Å². The summed E-state index contributed by atoms with van der Waals surface area (Å²) in [6.07, 6.45) is 3.09. The SMILES string of the molecule is N#Cc1c(SCCCn2c(=O)[nH]c3ccccc32)nc2c(c1C(F)F)CCCCCC2. The number of nitriles is 1.